The summed E-state index contributed by atoms with van der Waals surface area (Å²) in [5.74, 6) is 3.22. The van der Waals surface area contributed by atoms with Crippen molar-refractivity contribution in [3.8, 4) is 11.5 Å². The summed E-state index contributed by atoms with van der Waals surface area (Å²) in [6.07, 6.45) is 7.07. The number of benzene rings is 2. The number of para-hydroxylation sites is 1. The van der Waals surface area contributed by atoms with Crippen molar-refractivity contribution in [1.82, 2.24) is 9.97 Å². The van der Waals surface area contributed by atoms with E-state index in [-0.39, 0.29) is 0 Å². The fourth-order valence-electron chi connectivity index (χ4n) is 3.63. The first kappa shape index (κ1) is 20.8. The number of anilines is 1. The Bertz CT molecular complexity index is 865. The number of nitrogens with one attached hydrogen (secondary N) is 1. The van der Waals surface area contributed by atoms with Crippen LogP contribution in [-0.4, -0.2) is 16.5 Å². The van der Waals surface area contributed by atoms with Crippen LogP contribution >= 0.6 is 0 Å². The molecular weight excluding hydrogens is 358 g/mol. The van der Waals surface area contributed by atoms with Crippen LogP contribution in [0.25, 0.3) is 0 Å². The first-order chi connectivity index (χ1) is 14.2. The van der Waals surface area contributed by atoms with Crippen molar-refractivity contribution in [3.05, 3.63) is 78.1 Å². The molecule has 1 heterocycles. The van der Waals surface area contributed by atoms with E-state index in [1.54, 1.807) is 12.4 Å². The summed E-state index contributed by atoms with van der Waals surface area (Å²) < 4.78 is 5.89. The van der Waals surface area contributed by atoms with Gasteiger partial charge in [-0.25, -0.2) is 9.97 Å². The lowest BCUT2D eigenvalue weighted by Gasteiger charge is -2.22. The zero-order valence-electron chi connectivity index (χ0n) is 17.6. The molecule has 0 amide bonds. The predicted octanol–water partition coefficient (Wildman–Crippen LogP) is 6.60. The van der Waals surface area contributed by atoms with Crippen LogP contribution in [0.1, 0.15) is 50.2 Å². The molecule has 0 aliphatic rings. The maximum atomic E-state index is 5.89. The van der Waals surface area contributed by atoms with Gasteiger partial charge in [-0.1, -0.05) is 75.2 Å². The molecule has 2 aromatic carbocycles. The molecule has 2 unspecified atom stereocenters. The monoisotopic (exact) mass is 389 g/mol. The van der Waals surface area contributed by atoms with Gasteiger partial charge in [-0.15, -0.1) is 0 Å². The molecule has 0 fully saturated rings. The molecule has 29 heavy (non-hydrogen) atoms. The van der Waals surface area contributed by atoms with Gasteiger partial charge in [-0.05, 0) is 36.5 Å². The summed E-state index contributed by atoms with van der Waals surface area (Å²) in [7, 11) is 0. The van der Waals surface area contributed by atoms with Crippen molar-refractivity contribution in [2.75, 3.05) is 11.9 Å². The smallest absolute Gasteiger partial charge is 0.222 e. The molecule has 0 radical (unpaired) electrons. The maximum absolute atomic E-state index is 5.89. The number of hydrogen-bond acceptors (Lipinski definition) is 4. The van der Waals surface area contributed by atoms with E-state index >= 15 is 0 Å². The van der Waals surface area contributed by atoms with Gasteiger partial charge >= 0.3 is 0 Å². The molecule has 4 heteroatoms. The molecular formula is C25H31N3O. The molecule has 0 spiro atoms. The van der Waals surface area contributed by atoms with E-state index in [1.807, 2.05) is 31.2 Å². The SMILES string of the molecule is CCCC(C)CC(CNc1ncc(Oc2ccccc2C)cn1)c1ccccc1. The van der Waals surface area contributed by atoms with Crippen LogP contribution in [-0.2, 0) is 0 Å². The molecule has 1 aromatic heterocycles. The lowest BCUT2D eigenvalue weighted by Crippen LogP contribution is -2.17. The topological polar surface area (TPSA) is 47.0 Å². The van der Waals surface area contributed by atoms with Gasteiger partial charge in [0.05, 0.1) is 12.4 Å². The zero-order chi connectivity index (χ0) is 20.5. The zero-order valence-corrected chi connectivity index (χ0v) is 17.6. The number of ether oxygens (including phenoxy) is 1. The van der Waals surface area contributed by atoms with Crippen molar-refractivity contribution < 1.29 is 4.74 Å². The minimum atomic E-state index is 0.434. The Balaban J connectivity index is 1.62. The van der Waals surface area contributed by atoms with Crippen molar-refractivity contribution >= 4 is 5.95 Å². The average Bonchev–Trinajstić information content (AvgIpc) is 2.74. The molecule has 3 rings (SSSR count). The van der Waals surface area contributed by atoms with Crippen molar-refractivity contribution in [1.29, 1.82) is 0 Å². The normalized spacial score (nSPS) is 12.9. The van der Waals surface area contributed by atoms with Gasteiger partial charge in [0, 0.05) is 12.5 Å². The third-order valence-electron chi connectivity index (χ3n) is 5.20. The first-order valence-corrected chi connectivity index (χ1v) is 10.5. The quantitative estimate of drug-likeness (QED) is 0.424. The predicted molar refractivity (Wildman–Crippen MR) is 120 cm³/mol. The number of nitrogens with zero attached hydrogens (tertiary/aromatic N) is 2. The Morgan fingerprint density at radius 2 is 1.66 bits per heavy atom. The van der Waals surface area contributed by atoms with Crippen LogP contribution in [0.4, 0.5) is 5.95 Å². The van der Waals surface area contributed by atoms with Crippen LogP contribution < -0.4 is 10.1 Å². The number of aryl methyl sites for hydroxylation is 1. The van der Waals surface area contributed by atoms with E-state index in [4.69, 9.17) is 4.74 Å². The molecule has 0 aliphatic heterocycles. The fraction of sp³-hybridized carbons (Fsp3) is 0.360. The fourth-order valence-corrected chi connectivity index (χ4v) is 3.63. The Labute approximate surface area is 174 Å². The summed E-state index contributed by atoms with van der Waals surface area (Å²) >= 11 is 0. The lowest BCUT2D eigenvalue weighted by atomic mass is 9.87. The number of aromatic nitrogens is 2. The minimum absolute atomic E-state index is 0.434. The van der Waals surface area contributed by atoms with Crippen LogP contribution in [0.5, 0.6) is 11.5 Å². The van der Waals surface area contributed by atoms with Crippen LogP contribution in [0, 0.1) is 12.8 Å². The van der Waals surface area contributed by atoms with E-state index in [1.165, 1.54) is 18.4 Å². The molecule has 0 aliphatic carbocycles. The van der Waals surface area contributed by atoms with Crippen LogP contribution in [0.2, 0.25) is 0 Å². The second-order valence-electron chi connectivity index (χ2n) is 7.73. The van der Waals surface area contributed by atoms with E-state index < -0.39 is 0 Å². The van der Waals surface area contributed by atoms with E-state index in [0.29, 0.717) is 23.5 Å². The standard InChI is InChI=1S/C25H31N3O/c1-4-10-19(2)15-22(21-12-6-5-7-13-21)16-26-25-27-17-23(18-28-25)29-24-14-9-8-11-20(24)3/h5-9,11-14,17-19,22H,4,10,15-16H2,1-3H3,(H,26,27,28). The highest BCUT2D eigenvalue weighted by atomic mass is 16.5. The van der Waals surface area contributed by atoms with Gasteiger partial charge < -0.3 is 10.1 Å². The van der Waals surface area contributed by atoms with Gasteiger partial charge in [0.25, 0.3) is 0 Å². The van der Waals surface area contributed by atoms with Gasteiger partial charge in [0.15, 0.2) is 5.75 Å². The minimum Gasteiger partial charge on any atom is -0.454 e. The Morgan fingerprint density at radius 3 is 2.34 bits per heavy atom. The van der Waals surface area contributed by atoms with Gasteiger partial charge in [0.2, 0.25) is 5.95 Å². The average molecular weight is 390 g/mol. The summed E-state index contributed by atoms with van der Waals surface area (Å²) in [6.45, 7) is 7.43. The highest BCUT2D eigenvalue weighted by molar-refractivity contribution is 5.36. The molecule has 152 valence electrons. The second-order valence-corrected chi connectivity index (χ2v) is 7.73. The van der Waals surface area contributed by atoms with Gasteiger partial charge in [0.1, 0.15) is 5.75 Å². The molecule has 0 saturated carbocycles. The van der Waals surface area contributed by atoms with Gasteiger partial charge in [-0.2, -0.15) is 0 Å². The van der Waals surface area contributed by atoms with Crippen molar-refractivity contribution in [2.24, 2.45) is 5.92 Å². The summed E-state index contributed by atoms with van der Waals surface area (Å²) in [5.41, 5.74) is 2.45. The third kappa shape index (κ3) is 6.31. The van der Waals surface area contributed by atoms with Crippen molar-refractivity contribution in [3.63, 3.8) is 0 Å². The van der Waals surface area contributed by atoms with Crippen LogP contribution in [0.3, 0.4) is 0 Å². The second kappa shape index (κ2) is 10.6. The number of rotatable bonds is 10. The third-order valence-corrected chi connectivity index (χ3v) is 5.20. The molecule has 1 N–H and O–H groups in total. The highest BCUT2D eigenvalue weighted by Gasteiger charge is 2.15. The molecule has 2 atom stereocenters. The largest absolute Gasteiger partial charge is 0.454 e. The molecule has 4 nitrogen and oxygen atoms in total. The summed E-state index contributed by atoms with van der Waals surface area (Å²) in [6, 6.07) is 18.6. The summed E-state index contributed by atoms with van der Waals surface area (Å²) in [4.78, 5) is 8.88. The van der Waals surface area contributed by atoms with E-state index in [2.05, 4.69) is 59.5 Å². The molecule has 3 aromatic rings. The molecule has 0 bridgehead atoms. The van der Waals surface area contributed by atoms with E-state index in [9.17, 15) is 0 Å². The Kier molecular flexibility index (Phi) is 7.62. The highest BCUT2D eigenvalue weighted by Crippen LogP contribution is 2.27. The Morgan fingerprint density at radius 1 is 0.966 bits per heavy atom. The Hall–Kier alpha value is -2.88. The first-order valence-electron chi connectivity index (χ1n) is 10.5. The van der Waals surface area contributed by atoms with Crippen LogP contribution in [0.15, 0.2) is 67.0 Å². The van der Waals surface area contributed by atoms with Crippen molar-refractivity contribution in [2.45, 2.75) is 46.0 Å². The van der Waals surface area contributed by atoms with Gasteiger partial charge in [-0.3, -0.25) is 0 Å². The number of hydrogen-bond donors (Lipinski definition) is 1. The maximum Gasteiger partial charge on any atom is 0.222 e. The van der Waals surface area contributed by atoms with E-state index in [0.717, 1.165) is 24.3 Å². The summed E-state index contributed by atoms with van der Waals surface area (Å²) in [5, 5.41) is 3.42. The molecule has 0 saturated heterocycles. The lowest BCUT2D eigenvalue weighted by molar-refractivity contribution is 0.441.